The number of halogens is 1. The average molecular weight is 439 g/mol. The highest BCUT2D eigenvalue weighted by atomic mass is 35.5. The fraction of sp³-hybridized carbons (Fsp3) is 0.348. The molecule has 2 amide bonds. The van der Waals surface area contributed by atoms with Gasteiger partial charge in [-0.15, -0.1) is 0 Å². The van der Waals surface area contributed by atoms with Crippen LogP contribution in [0.25, 0.3) is 5.52 Å². The summed E-state index contributed by atoms with van der Waals surface area (Å²) in [5.74, 6) is -0.0629. The summed E-state index contributed by atoms with van der Waals surface area (Å²) in [7, 11) is 0. The Morgan fingerprint density at radius 2 is 1.87 bits per heavy atom. The van der Waals surface area contributed by atoms with Gasteiger partial charge in [0.2, 0.25) is 0 Å². The summed E-state index contributed by atoms with van der Waals surface area (Å²) in [5, 5.41) is 4.98. The van der Waals surface area contributed by atoms with Crippen molar-refractivity contribution < 1.29 is 14.3 Å². The number of rotatable bonds is 2. The first-order chi connectivity index (χ1) is 15.0. The number of nitrogens with zero attached hydrogens (tertiary/aromatic N) is 4. The Kier molecular flexibility index (Phi) is 5.16. The SMILES string of the molecule is CC1c2ccc(C(=O)N3CCOCC3)cc2CCN1C(=O)c1cc2ccc(Cl)cn2n1. The van der Waals surface area contributed by atoms with Gasteiger partial charge in [-0.2, -0.15) is 5.10 Å². The summed E-state index contributed by atoms with van der Waals surface area (Å²) in [6.45, 7) is 5.01. The van der Waals surface area contributed by atoms with Gasteiger partial charge >= 0.3 is 0 Å². The number of morpholine rings is 1. The summed E-state index contributed by atoms with van der Waals surface area (Å²) in [4.78, 5) is 29.7. The van der Waals surface area contributed by atoms with E-state index in [-0.39, 0.29) is 17.9 Å². The lowest BCUT2D eigenvalue weighted by atomic mass is 9.91. The van der Waals surface area contributed by atoms with Gasteiger partial charge in [0, 0.05) is 31.4 Å². The minimum Gasteiger partial charge on any atom is -0.378 e. The number of carbonyl (C=O) groups excluding carboxylic acids is 2. The van der Waals surface area contributed by atoms with Gasteiger partial charge in [0.15, 0.2) is 5.69 Å². The predicted molar refractivity (Wildman–Crippen MR) is 117 cm³/mol. The molecule has 0 aliphatic carbocycles. The van der Waals surface area contributed by atoms with E-state index in [2.05, 4.69) is 5.10 Å². The Balaban J connectivity index is 1.37. The number of hydrogen-bond donors (Lipinski definition) is 0. The van der Waals surface area contributed by atoms with Gasteiger partial charge in [-0.05, 0) is 54.8 Å². The molecule has 0 radical (unpaired) electrons. The molecule has 1 fully saturated rings. The monoisotopic (exact) mass is 438 g/mol. The van der Waals surface area contributed by atoms with Crippen LogP contribution in [0.3, 0.4) is 0 Å². The zero-order valence-corrected chi connectivity index (χ0v) is 18.0. The van der Waals surface area contributed by atoms with Gasteiger partial charge in [0.1, 0.15) is 0 Å². The Hall–Kier alpha value is -2.90. The predicted octanol–water partition coefficient (Wildman–Crippen LogP) is 3.22. The van der Waals surface area contributed by atoms with E-state index in [4.69, 9.17) is 16.3 Å². The lowest BCUT2D eigenvalue weighted by molar-refractivity contribution is 0.0302. The van der Waals surface area contributed by atoms with Crippen LogP contribution in [0.4, 0.5) is 0 Å². The van der Waals surface area contributed by atoms with Crippen LogP contribution in [0.15, 0.2) is 42.6 Å². The van der Waals surface area contributed by atoms with Crippen LogP contribution < -0.4 is 0 Å². The van der Waals surface area contributed by atoms with Gasteiger partial charge in [-0.25, -0.2) is 4.52 Å². The topological polar surface area (TPSA) is 67.2 Å². The largest absolute Gasteiger partial charge is 0.378 e. The minimum absolute atomic E-state index is 0.0422. The van der Waals surface area contributed by atoms with Gasteiger partial charge < -0.3 is 14.5 Å². The molecule has 1 unspecified atom stereocenters. The van der Waals surface area contributed by atoms with E-state index in [9.17, 15) is 9.59 Å². The van der Waals surface area contributed by atoms with E-state index in [1.807, 2.05) is 41.0 Å². The fourth-order valence-electron chi connectivity index (χ4n) is 4.40. The Morgan fingerprint density at radius 1 is 1.06 bits per heavy atom. The quantitative estimate of drug-likeness (QED) is 0.616. The highest BCUT2D eigenvalue weighted by Crippen LogP contribution is 2.31. The number of fused-ring (bicyclic) bond motifs is 2. The Morgan fingerprint density at radius 3 is 2.68 bits per heavy atom. The van der Waals surface area contributed by atoms with Crippen molar-refractivity contribution in [2.45, 2.75) is 19.4 Å². The third kappa shape index (κ3) is 3.68. The first-order valence-corrected chi connectivity index (χ1v) is 10.8. The van der Waals surface area contributed by atoms with Crippen LogP contribution in [0.2, 0.25) is 5.02 Å². The standard InChI is InChI=1S/C23H23ClN4O3/c1-15-20-5-2-17(22(29)26-8-10-31-11-9-26)12-16(20)6-7-27(15)23(30)21-13-19-4-3-18(24)14-28(19)25-21/h2-5,12-15H,6-11H2,1H3. The first kappa shape index (κ1) is 20.0. The van der Waals surface area contributed by atoms with Gasteiger partial charge in [0.05, 0.1) is 29.8 Å². The van der Waals surface area contributed by atoms with Gasteiger partial charge in [-0.1, -0.05) is 17.7 Å². The van der Waals surface area contributed by atoms with E-state index >= 15 is 0 Å². The second-order valence-corrected chi connectivity index (χ2v) is 8.43. The maximum atomic E-state index is 13.2. The lowest BCUT2D eigenvalue weighted by Crippen LogP contribution is -2.41. The van der Waals surface area contributed by atoms with Crippen LogP contribution in [-0.2, 0) is 11.2 Å². The number of aromatic nitrogens is 2. The molecular weight excluding hydrogens is 416 g/mol. The van der Waals surface area contributed by atoms with Crippen molar-refractivity contribution in [3.63, 3.8) is 0 Å². The van der Waals surface area contributed by atoms with E-state index in [1.54, 1.807) is 22.8 Å². The molecule has 8 heteroatoms. The smallest absolute Gasteiger partial charge is 0.274 e. The molecule has 4 heterocycles. The molecule has 160 valence electrons. The fourth-order valence-corrected chi connectivity index (χ4v) is 4.56. The Bertz CT molecular complexity index is 1170. The van der Waals surface area contributed by atoms with Gasteiger partial charge in [-0.3, -0.25) is 9.59 Å². The maximum Gasteiger partial charge on any atom is 0.274 e. The van der Waals surface area contributed by atoms with E-state index in [1.165, 1.54) is 0 Å². The van der Waals surface area contributed by atoms with E-state index in [0.29, 0.717) is 55.5 Å². The Labute approximate surface area is 185 Å². The van der Waals surface area contributed by atoms with Crippen molar-refractivity contribution in [3.05, 3.63) is 70.0 Å². The summed E-state index contributed by atoms with van der Waals surface area (Å²) >= 11 is 6.03. The maximum absolute atomic E-state index is 13.2. The molecule has 2 aromatic heterocycles. The van der Waals surface area contributed by atoms with Crippen LogP contribution in [0.1, 0.15) is 44.9 Å². The number of pyridine rings is 1. The molecule has 2 aliphatic heterocycles. The van der Waals surface area contributed by atoms with E-state index < -0.39 is 0 Å². The number of carbonyl (C=O) groups is 2. The van der Waals surface area contributed by atoms with E-state index in [0.717, 1.165) is 16.6 Å². The highest BCUT2D eigenvalue weighted by Gasteiger charge is 2.30. The molecular formula is C23H23ClN4O3. The molecule has 0 N–H and O–H groups in total. The number of amides is 2. The molecule has 0 saturated carbocycles. The first-order valence-electron chi connectivity index (χ1n) is 10.5. The van der Waals surface area contributed by atoms with Crippen LogP contribution in [-0.4, -0.2) is 64.1 Å². The number of hydrogen-bond acceptors (Lipinski definition) is 4. The third-order valence-electron chi connectivity index (χ3n) is 6.13. The summed E-state index contributed by atoms with van der Waals surface area (Å²) in [6, 6.07) is 11.1. The molecule has 1 saturated heterocycles. The summed E-state index contributed by atoms with van der Waals surface area (Å²) in [6.07, 6.45) is 2.39. The minimum atomic E-state index is -0.105. The van der Waals surface area contributed by atoms with Crippen molar-refractivity contribution >= 4 is 28.9 Å². The average Bonchev–Trinajstić information content (AvgIpc) is 3.22. The number of benzene rings is 1. The molecule has 1 atom stereocenters. The number of ether oxygens (including phenoxy) is 1. The molecule has 2 aliphatic rings. The van der Waals surface area contributed by atoms with Gasteiger partial charge in [0.25, 0.3) is 11.8 Å². The van der Waals surface area contributed by atoms with Crippen LogP contribution in [0, 0.1) is 0 Å². The van der Waals surface area contributed by atoms with Crippen LogP contribution >= 0.6 is 11.6 Å². The van der Waals surface area contributed by atoms with Crippen molar-refractivity contribution in [1.29, 1.82) is 0 Å². The molecule has 1 aromatic carbocycles. The molecule has 5 rings (SSSR count). The van der Waals surface area contributed by atoms with Crippen LogP contribution in [0.5, 0.6) is 0 Å². The zero-order valence-electron chi connectivity index (χ0n) is 17.3. The van der Waals surface area contributed by atoms with Crippen molar-refractivity contribution in [3.8, 4) is 0 Å². The normalized spacial score (nSPS) is 18.8. The lowest BCUT2D eigenvalue weighted by Gasteiger charge is -2.35. The molecule has 31 heavy (non-hydrogen) atoms. The molecule has 0 bridgehead atoms. The summed E-state index contributed by atoms with van der Waals surface area (Å²) in [5.41, 5.74) is 4.12. The molecule has 0 spiro atoms. The molecule has 7 nitrogen and oxygen atoms in total. The highest BCUT2D eigenvalue weighted by molar-refractivity contribution is 6.30. The van der Waals surface area contributed by atoms with Crippen molar-refractivity contribution in [1.82, 2.24) is 19.4 Å². The summed E-state index contributed by atoms with van der Waals surface area (Å²) < 4.78 is 6.97. The van der Waals surface area contributed by atoms with Crippen molar-refractivity contribution in [2.24, 2.45) is 0 Å². The zero-order chi connectivity index (χ0) is 21.5. The van der Waals surface area contributed by atoms with Crippen molar-refractivity contribution in [2.75, 3.05) is 32.8 Å². The second-order valence-electron chi connectivity index (χ2n) is 7.99. The molecule has 3 aromatic rings. The third-order valence-corrected chi connectivity index (χ3v) is 6.35. The second kappa shape index (κ2) is 7.98.